The van der Waals surface area contributed by atoms with Crippen molar-refractivity contribution in [1.29, 1.82) is 0 Å². The van der Waals surface area contributed by atoms with Gasteiger partial charge in [-0.2, -0.15) is 0 Å². The van der Waals surface area contributed by atoms with Gasteiger partial charge in [0.2, 0.25) is 5.91 Å². The van der Waals surface area contributed by atoms with Crippen molar-refractivity contribution in [3.8, 4) is 0 Å². The fraction of sp³-hybridized carbons (Fsp3) is 0.143. The molecule has 3 aromatic rings. The first-order valence-electron chi connectivity index (χ1n) is 8.94. The molecule has 0 atom stereocenters. The quantitative estimate of drug-likeness (QED) is 0.557. The Morgan fingerprint density at radius 3 is 2.52 bits per heavy atom. The normalized spacial score (nSPS) is 10.4. The van der Waals surface area contributed by atoms with E-state index in [1.807, 2.05) is 30.3 Å². The molecular formula is C21H19FN4O2S. The minimum absolute atomic E-state index is 0.0868. The average molecular weight is 410 g/mol. The van der Waals surface area contributed by atoms with Crippen molar-refractivity contribution in [3.63, 3.8) is 0 Å². The Labute approximate surface area is 171 Å². The number of halogens is 1. The predicted molar refractivity (Wildman–Crippen MR) is 110 cm³/mol. The number of thioether (sulfide) groups is 1. The number of nitrogens with one attached hydrogen (secondary N) is 2. The summed E-state index contributed by atoms with van der Waals surface area (Å²) in [5, 5.41) is 13.9. The van der Waals surface area contributed by atoms with Crippen LogP contribution in [0.25, 0.3) is 0 Å². The van der Waals surface area contributed by atoms with Crippen LogP contribution in [-0.2, 0) is 11.2 Å². The van der Waals surface area contributed by atoms with Crippen LogP contribution in [0.1, 0.15) is 15.9 Å². The lowest BCUT2D eigenvalue weighted by Gasteiger charge is -2.06. The van der Waals surface area contributed by atoms with Crippen LogP contribution < -0.4 is 10.6 Å². The van der Waals surface area contributed by atoms with Gasteiger partial charge in [-0.05, 0) is 42.3 Å². The largest absolute Gasteiger partial charge is 0.355 e. The van der Waals surface area contributed by atoms with E-state index in [1.165, 1.54) is 35.5 Å². The van der Waals surface area contributed by atoms with E-state index in [2.05, 4.69) is 20.8 Å². The van der Waals surface area contributed by atoms with Crippen molar-refractivity contribution in [1.82, 2.24) is 15.5 Å². The summed E-state index contributed by atoms with van der Waals surface area (Å²) >= 11 is 1.25. The monoisotopic (exact) mass is 410 g/mol. The molecule has 3 rings (SSSR count). The summed E-state index contributed by atoms with van der Waals surface area (Å²) in [5.74, 6) is -0.583. The Morgan fingerprint density at radius 2 is 1.79 bits per heavy atom. The van der Waals surface area contributed by atoms with Gasteiger partial charge in [0.1, 0.15) is 10.8 Å². The SMILES string of the molecule is O=C(CSc1ccc(NC(=O)c2cccc(F)c2)nn1)NCCc1ccccc1. The fourth-order valence-corrected chi connectivity index (χ4v) is 3.11. The van der Waals surface area contributed by atoms with Crippen molar-refractivity contribution in [2.75, 3.05) is 17.6 Å². The van der Waals surface area contributed by atoms with E-state index in [0.29, 0.717) is 11.6 Å². The molecule has 2 aromatic carbocycles. The van der Waals surface area contributed by atoms with Crippen LogP contribution in [0.15, 0.2) is 71.8 Å². The van der Waals surface area contributed by atoms with Crippen LogP contribution >= 0.6 is 11.8 Å². The second kappa shape index (κ2) is 10.3. The first-order chi connectivity index (χ1) is 14.1. The van der Waals surface area contributed by atoms with Crippen molar-refractivity contribution >= 4 is 29.4 Å². The Morgan fingerprint density at radius 1 is 0.966 bits per heavy atom. The average Bonchev–Trinajstić information content (AvgIpc) is 2.74. The fourth-order valence-electron chi connectivity index (χ4n) is 2.46. The van der Waals surface area contributed by atoms with Crippen molar-refractivity contribution < 1.29 is 14.0 Å². The first-order valence-corrected chi connectivity index (χ1v) is 9.93. The topological polar surface area (TPSA) is 84.0 Å². The second-order valence-electron chi connectivity index (χ2n) is 6.10. The zero-order chi connectivity index (χ0) is 20.5. The summed E-state index contributed by atoms with van der Waals surface area (Å²) in [5.41, 5.74) is 1.36. The van der Waals surface area contributed by atoms with Crippen LogP contribution in [0, 0.1) is 5.82 Å². The number of nitrogens with zero attached hydrogens (tertiary/aromatic N) is 2. The van der Waals surface area contributed by atoms with Crippen molar-refractivity contribution in [3.05, 3.63) is 83.7 Å². The lowest BCUT2D eigenvalue weighted by Crippen LogP contribution is -2.27. The molecule has 1 aromatic heterocycles. The van der Waals surface area contributed by atoms with Gasteiger partial charge in [-0.1, -0.05) is 48.2 Å². The van der Waals surface area contributed by atoms with E-state index in [9.17, 15) is 14.0 Å². The number of carbonyl (C=O) groups is 2. The third-order valence-corrected chi connectivity index (χ3v) is 4.82. The third-order valence-electron chi connectivity index (χ3n) is 3.90. The molecule has 0 saturated carbocycles. The molecule has 2 amide bonds. The predicted octanol–water partition coefficient (Wildman–Crippen LogP) is 3.32. The molecule has 0 saturated heterocycles. The molecule has 148 valence electrons. The number of carbonyl (C=O) groups excluding carboxylic acids is 2. The molecule has 0 aliphatic heterocycles. The molecule has 2 N–H and O–H groups in total. The van der Waals surface area contributed by atoms with Gasteiger partial charge in [0, 0.05) is 12.1 Å². The third kappa shape index (κ3) is 6.69. The molecule has 0 aliphatic carbocycles. The van der Waals surface area contributed by atoms with Gasteiger partial charge in [0.25, 0.3) is 5.91 Å². The van der Waals surface area contributed by atoms with Gasteiger partial charge in [-0.3, -0.25) is 9.59 Å². The molecular weight excluding hydrogens is 391 g/mol. The van der Waals surface area contributed by atoms with Gasteiger partial charge in [-0.15, -0.1) is 10.2 Å². The van der Waals surface area contributed by atoms with Crippen LogP contribution in [-0.4, -0.2) is 34.3 Å². The van der Waals surface area contributed by atoms with Gasteiger partial charge < -0.3 is 10.6 Å². The zero-order valence-electron chi connectivity index (χ0n) is 15.5. The number of hydrogen-bond donors (Lipinski definition) is 2. The molecule has 0 fully saturated rings. The maximum Gasteiger partial charge on any atom is 0.256 e. The number of rotatable bonds is 8. The standard InChI is InChI=1S/C21H19FN4O2S/c22-17-8-4-7-16(13-17)21(28)24-18-9-10-20(26-25-18)29-14-19(27)23-12-11-15-5-2-1-3-6-15/h1-10,13H,11-12,14H2,(H,23,27)(H,24,25,28). The Hall–Kier alpha value is -3.26. The molecule has 8 heteroatoms. The highest BCUT2D eigenvalue weighted by Gasteiger charge is 2.09. The van der Waals surface area contributed by atoms with Crippen LogP contribution in [0.4, 0.5) is 10.2 Å². The maximum atomic E-state index is 13.2. The van der Waals surface area contributed by atoms with Crippen molar-refractivity contribution in [2.45, 2.75) is 11.4 Å². The van der Waals surface area contributed by atoms with Crippen molar-refractivity contribution in [2.24, 2.45) is 0 Å². The first kappa shape index (κ1) is 20.5. The van der Waals surface area contributed by atoms with E-state index < -0.39 is 11.7 Å². The highest BCUT2D eigenvalue weighted by Crippen LogP contribution is 2.15. The number of anilines is 1. The van der Waals surface area contributed by atoms with E-state index in [-0.39, 0.29) is 23.0 Å². The smallest absolute Gasteiger partial charge is 0.256 e. The van der Waals surface area contributed by atoms with Gasteiger partial charge >= 0.3 is 0 Å². The van der Waals surface area contributed by atoms with E-state index >= 15 is 0 Å². The summed E-state index contributed by atoms with van der Waals surface area (Å²) in [4.78, 5) is 24.0. The molecule has 29 heavy (non-hydrogen) atoms. The summed E-state index contributed by atoms with van der Waals surface area (Å²) in [7, 11) is 0. The zero-order valence-corrected chi connectivity index (χ0v) is 16.3. The van der Waals surface area contributed by atoms with Crippen LogP contribution in [0.5, 0.6) is 0 Å². The minimum atomic E-state index is -0.488. The Bertz CT molecular complexity index is 968. The van der Waals surface area contributed by atoms with Gasteiger partial charge in [0.15, 0.2) is 5.82 Å². The summed E-state index contributed by atoms with van der Waals surface area (Å²) in [6.45, 7) is 0.570. The molecule has 0 spiro atoms. The highest BCUT2D eigenvalue weighted by atomic mass is 32.2. The number of amides is 2. The molecule has 0 bridgehead atoms. The van der Waals surface area contributed by atoms with Crippen LogP contribution in [0.3, 0.4) is 0 Å². The molecule has 6 nitrogen and oxygen atoms in total. The van der Waals surface area contributed by atoms with E-state index in [4.69, 9.17) is 0 Å². The summed E-state index contributed by atoms with van der Waals surface area (Å²) in [6.07, 6.45) is 0.775. The molecule has 0 radical (unpaired) electrons. The second-order valence-corrected chi connectivity index (χ2v) is 7.09. The number of hydrogen-bond acceptors (Lipinski definition) is 5. The van der Waals surface area contributed by atoms with E-state index in [0.717, 1.165) is 12.5 Å². The van der Waals surface area contributed by atoms with Gasteiger partial charge in [-0.25, -0.2) is 4.39 Å². The highest BCUT2D eigenvalue weighted by molar-refractivity contribution is 7.99. The maximum absolute atomic E-state index is 13.2. The summed E-state index contributed by atoms with van der Waals surface area (Å²) < 4.78 is 13.2. The Kier molecular flexibility index (Phi) is 7.29. The van der Waals surface area contributed by atoms with E-state index in [1.54, 1.807) is 12.1 Å². The molecule has 0 aliphatic rings. The van der Waals surface area contributed by atoms with Gasteiger partial charge in [0.05, 0.1) is 5.75 Å². The molecule has 1 heterocycles. The minimum Gasteiger partial charge on any atom is -0.355 e. The van der Waals surface area contributed by atoms with Crippen LogP contribution in [0.2, 0.25) is 0 Å². The summed E-state index contributed by atoms with van der Waals surface area (Å²) in [6, 6.07) is 18.5. The molecule has 0 unspecified atom stereocenters. The number of benzene rings is 2. The Balaban J connectivity index is 1.41. The number of aromatic nitrogens is 2. The lowest BCUT2D eigenvalue weighted by molar-refractivity contribution is -0.118. The lowest BCUT2D eigenvalue weighted by atomic mass is 10.1.